The van der Waals surface area contributed by atoms with Crippen molar-refractivity contribution in [2.24, 2.45) is 0 Å². The van der Waals surface area contributed by atoms with E-state index in [2.05, 4.69) is 19.9 Å². The Balaban J connectivity index is 1.54. The van der Waals surface area contributed by atoms with Crippen molar-refractivity contribution in [3.05, 3.63) is 75.3 Å². The topological polar surface area (TPSA) is 94.7 Å². The number of nitro groups is 1. The van der Waals surface area contributed by atoms with Crippen LogP contribution in [0.15, 0.2) is 49.1 Å². The zero-order chi connectivity index (χ0) is 17.4. The van der Waals surface area contributed by atoms with Crippen LogP contribution in [0.25, 0.3) is 11.6 Å². The molecule has 0 spiro atoms. The van der Waals surface area contributed by atoms with Gasteiger partial charge < -0.3 is 0 Å². The van der Waals surface area contributed by atoms with Gasteiger partial charge >= 0.3 is 0 Å². The molecule has 2 heterocycles. The van der Waals surface area contributed by atoms with Crippen LogP contribution in [0.4, 0.5) is 5.69 Å². The van der Waals surface area contributed by atoms with Gasteiger partial charge in [-0.25, -0.2) is 19.9 Å². The molecular formula is C17H12ClN5O2. The smallest absolute Gasteiger partial charge is 0.258 e. The van der Waals surface area contributed by atoms with Gasteiger partial charge in [-0.3, -0.25) is 10.1 Å². The van der Waals surface area contributed by atoms with E-state index in [-0.39, 0.29) is 22.5 Å². The molecule has 0 saturated heterocycles. The van der Waals surface area contributed by atoms with Gasteiger partial charge in [0, 0.05) is 30.9 Å². The molecule has 7 nitrogen and oxygen atoms in total. The zero-order valence-corrected chi connectivity index (χ0v) is 13.7. The van der Waals surface area contributed by atoms with Gasteiger partial charge in [0.1, 0.15) is 5.02 Å². The molecule has 0 bridgehead atoms. The summed E-state index contributed by atoms with van der Waals surface area (Å²) in [5, 5.41) is 11.2. The average molecular weight is 354 g/mol. The molecule has 4 rings (SSSR count). The average Bonchev–Trinajstić information content (AvgIpc) is 3.43. The van der Waals surface area contributed by atoms with E-state index in [1.165, 1.54) is 0 Å². The highest BCUT2D eigenvalue weighted by atomic mass is 35.5. The SMILES string of the molecule is O=[N+]([O-])c1cc(C2CC2c2cnc(-c3ncccn3)nc2)ccc1Cl. The van der Waals surface area contributed by atoms with Crippen molar-refractivity contribution >= 4 is 17.3 Å². The zero-order valence-electron chi connectivity index (χ0n) is 12.9. The highest BCUT2D eigenvalue weighted by Gasteiger charge is 2.40. The van der Waals surface area contributed by atoms with Crippen molar-refractivity contribution in [1.29, 1.82) is 0 Å². The highest BCUT2D eigenvalue weighted by molar-refractivity contribution is 6.32. The summed E-state index contributed by atoms with van der Waals surface area (Å²) in [5.74, 6) is 1.43. The van der Waals surface area contributed by atoms with Gasteiger partial charge in [0.05, 0.1) is 4.92 Å². The number of halogens is 1. The minimum Gasteiger partial charge on any atom is -0.258 e. The molecule has 1 saturated carbocycles. The third-order valence-corrected chi connectivity index (χ3v) is 4.57. The van der Waals surface area contributed by atoms with Gasteiger partial charge in [0.2, 0.25) is 0 Å². The summed E-state index contributed by atoms with van der Waals surface area (Å²) in [6.45, 7) is 0. The summed E-state index contributed by atoms with van der Waals surface area (Å²) in [6.07, 6.45) is 7.73. The first-order valence-corrected chi connectivity index (χ1v) is 8.04. The fourth-order valence-corrected chi connectivity index (χ4v) is 3.08. The Hall–Kier alpha value is -2.93. The molecule has 2 aromatic heterocycles. The van der Waals surface area contributed by atoms with Crippen LogP contribution < -0.4 is 0 Å². The highest BCUT2D eigenvalue weighted by Crippen LogP contribution is 2.55. The molecule has 0 aliphatic heterocycles. The Bertz CT molecular complexity index is 934. The molecule has 1 aromatic carbocycles. The van der Waals surface area contributed by atoms with E-state index >= 15 is 0 Å². The summed E-state index contributed by atoms with van der Waals surface area (Å²) in [6, 6.07) is 6.71. The number of hydrogen-bond acceptors (Lipinski definition) is 6. The van der Waals surface area contributed by atoms with Crippen molar-refractivity contribution < 1.29 is 4.92 Å². The Morgan fingerprint density at radius 1 is 1.00 bits per heavy atom. The quantitative estimate of drug-likeness (QED) is 0.523. The molecule has 0 radical (unpaired) electrons. The molecule has 2 atom stereocenters. The third-order valence-electron chi connectivity index (χ3n) is 4.25. The van der Waals surface area contributed by atoms with Crippen LogP contribution in [-0.4, -0.2) is 24.9 Å². The van der Waals surface area contributed by atoms with Crippen LogP contribution in [0.5, 0.6) is 0 Å². The first kappa shape index (κ1) is 15.6. The van der Waals surface area contributed by atoms with Crippen LogP contribution in [-0.2, 0) is 0 Å². The molecule has 1 fully saturated rings. The summed E-state index contributed by atoms with van der Waals surface area (Å²) in [5.41, 5.74) is 1.86. The molecule has 0 amide bonds. The van der Waals surface area contributed by atoms with Crippen molar-refractivity contribution in [2.45, 2.75) is 18.3 Å². The predicted octanol–water partition coefficient (Wildman–Crippen LogP) is 3.77. The van der Waals surface area contributed by atoms with E-state index in [4.69, 9.17) is 11.6 Å². The third kappa shape index (κ3) is 3.06. The first-order chi connectivity index (χ1) is 12.1. The van der Waals surface area contributed by atoms with Crippen LogP contribution in [0, 0.1) is 10.1 Å². The van der Waals surface area contributed by atoms with Crippen LogP contribution in [0.3, 0.4) is 0 Å². The fourth-order valence-electron chi connectivity index (χ4n) is 2.89. The molecule has 1 aliphatic rings. The lowest BCUT2D eigenvalue weighted by atomic mass is 10.1. The Morgan fingerprint density at radius 2 is 1.64 bits per heavy atom. The molecule has 0 N–H and O–H groups in total. The molecule has 3 aromatic rings. The lowest BCUT2D eigenvalue weighted by Crippen LogP contribution is -1.96. The second kappa shape index (κ2) is 6.18. The maximum Gasteiger partial charge on any atom is 0.288 e. The number of rotatable bonds is 4. The Morgan fingerprint density at radius 3 is 2.32 bits per heavy atom. The van der Waals surface area contributed by atoms with E-state index in [0.29, 0.717) is 11.6 Å². The standard InChI is InChI=1S/C17H12ClN5O2/c18-14-3-2-10(6-15(14)23(24)25)12-7-13(12)11-8-21-17(22-9-11)16-19-4-1-5-20-16/h1-6,8-9,12-13H,7H2. The largest absolute Gasteiger partial charge is 0.288 e. The number of hydrogen-bond donors (Lipinski definition) is 0. The second-order valence-electron chi connectivity index (χ2n) is 5.83. The van der Waals surface area contributed by atoms with Crippen LogP contribution in [0.1, 0.15) is 29.4 Å². The second-order valence-corrected chi connectivity index (χ2v) is 6.24. The number of aromatic nitrogens is 4. The van der Waals surface area contributed by atoms with Gasteiger partial charge in [0.15, 0.2) is 11.6 Å². The minimum absolute atomic E-state index is 0.0577. The number of nitrogens with zero attached hydrogens (tertiary/aromatic N) is 5. The van der Waals surface area contributed by atoms with E-state index < -0.39 is 4.92 Å². The normalized spacial score (nSPS) is 18.8. The summed E-state index contributed by atoms with van der Waals surface area (Å²) in [7, 11) is 0. The van der Waals surface area contributed by atoms with E-state index in [1.807, 2.05) is 6.07 Å². The number of nitro benzene ring substituents is 1. The molecular weight excluding hydrogens is 342 g/mol. The molecule has 1 aliphatic carbocycles. The minimum atomic E-state index is -0.457. The van der Waals surface area contributed by atoms with Crippen LogP contribution in [0.2, 0.25) is 5.02 Å². The van der Waals surface area contributed by atoms with E-state index in [0.717, 1.165) is 17.5 Å². The summed E-state index contributed by atoms with van der Waals surface area (Å²) < 4.78 is 0. The fraction of sp³-hybridized carbons (Fsp3) is 0.176. The molecule has 2 unspecified atom stereocenters. The maximum atomic E-state index is 11.0. The maximum absolute atomic E-state index is 11.0. The van der Waals surface area contributed by atoms with Crippen molar-refractivity contribution in [2.75, 3.05) is 0 Å². The lowest BCUT2D eigenvalue weighted by molar-refractivity contribution is -0.384. The molecule has 25 heavy (non-hydrogen) atoms. The predicted molar refractivity (Wildman–Crippen MR) is 91.3 cm³/mol. The number of benzene rings is 1. The lowest BCUT2D eigenvalue weighted by Gasteiger charge is -2.03. The van der Waals surface area contributed by atoms with Crippen LogP contribution >= 0.6 is 11.6 Å². The van der Waals surface area contributed by atoms with Crippen molar-refractivity contribution in [3.63, 3.8) is 0 Å². The first-order valence-electron chi connectivity index (χ1n) is 7.66. The Kier molecular flexibility index (Phi) is 3.85. The van der Waals surface area contributed by atoms with E-state index in [9.17, 15) is 10.1 Å². The van der Waals surface area contributed by atoms with E-state index in [1.54, 1.807) is 43.0 Å². The summed E-state index contributed by atoms with van der Waals surface area (Å²) >= 11 is 5.87. The van der Waals surface area contributed by atoms with Crippen molar-refractivity contribution in [1.82, 2.24) is 19.9 Å². The van der Waals surface area contributed by atoms with Gasteiger partial charge in [-0.05, 0) is 41.5 Å². The molecule has 124 valence electrons. The van der Waals surface area contributed by atoms with Gasteiger partial charge in [-0.2, -0.15) is 0 Å². The van der Waals surface area contributed by atoms with Gasteiger partial charge in [-0.15, -0.1) is 0 Å². The van der Waals surface area contributed by atoms with Gasteiger partial charge in [-0.1, -0.05) is 17.7 Å². The van der Waals surface area contributed by atoms with Crippen molar-refractivity contribution in [3.8, 4) is 11.6 Å². The Labute approximate surface area is 147 Å². The monoisotopic (exact) mass is 353 g/mol. The summed E-state index contributed by atoms with van der Waals surface area (Å²) in [4.78, 5) is 27.5. The van der Waals surface area contributed by atoms with Gasteiger partial charge in [0.25, 0.3) is 5.69 Å². The molecule has 8 heteroatoms.